The molecule has 0 radical (unpaired) electrons. The molecule has 2 aromatic rings. The van der Waals surface area contributed by atoms with Crippen LogP contribution in [0.4, 0.5) is 0 Å². The molecule has 112 valence electrons. The second kappa shape index (κ2) is 6.85. The van der Waals surface area contributed by atoms with Crippen molar-refractivity contribution in [2.75, 3.05) is 7.11 Å². The van der Waals surface area contributed by atoms with Gasteiger partial charge in [0.15, 0.2) is 0 Å². The molecule has 1 nitrogen and oxygen atoms in total. The van der Waals surface area contributed by atoms with Crippen molar-refractivity contribution in [1.29, 1.82) is 0 Å². The Kier molecular flexibility index (Phi) is 5.34. The summed E-state index contributed by atoms with van der Waals surface area (Å²) in [5.41, 5.74) is 6.02. The third-order valence-electron chi connectivity index (χ3n) is 3.83. The number of alkyl halides is 1. The number of halogens is 2. The minimum absolute atomic E-state index is 0.112. The van der Waals surface area contributed by atoms with Crippen LogP contribution in [-0.2, 0) is 6.42 Å². The van der Waals surface area contributed by atoms with E-state index < -0.39 is 0 Å². The van der Waals surface area contributed by atoms with E-state index in [9.17, 15) is 0 Å². The summed E-state index contributed by atoms with van der Waals surface area (Å²) in [4.78, 5) is 0. The largest absolute Gasteiger partial charge is 0.496 e. The van der Waals surface area contributed by atoms with Crippen molar-refractivity contribution in [2.24, 2.45) is 0 Å². The molecule has 1 unspecified atom stereocenters. The van der Waals surface area contributed by atoms with Crippen molar-refractivity contribution >= 4 is 27.5 Å². The third kappa shape index (κ3) is 3.81. The van der Waals surface area contributed by atoms with Gasteiger partial charge in [0.1, 0.15) is 5.75 Å². The molecular weight excluding hydrogens is 348 g/mol. The summed E-state index contributed by atoms with van der Waals surface area (Å²) < 4.78 is 6.54. The normalized spacial score (nSPS) is 12.3. The number of benzene rings is 2. The van der Waals surface area contributed by atoms with Crippen LogP contribution in [0.5, 0.6) is 5.75 Å². The molecule has 2 aromatic carbocycles. The Labute approximate surface area is 140 Å². The van der Waals surface area contributed by atoms with Crippen molar-refractivity contribution in [3.05, 3.63) is 62.6 Å². The summed E-state index contributed by atoms with van der Waals surface area (Å²) in [6, 6.07) is 10.6. The van der Waals surface area contributed by atoms with E-state index in [4.69, 9.17) is 16.3 Å². The highest BCUT2D eigenvalue weighted by molar-refractivity contribution is 9.10. The first-order chi connectivity index (χ1) is 9.92. The van der Waals surface area contributed by atoms with E-state index in [0.717, 1.165) is 27.8 Å². The fourth-order valence-electron chi connectivity index (χ4n) is 2.34. The van der Waals surface area contributed by atoms with E-state index >= 15 is 0 Å². The molecular formula is C18H20BrClO. The van der Waals surface area contributed by atoms with E-state index in [-0.39, 0.29) is 5.38 Å². The summed E-state index contributed by atoms with van der Waals surface area (Å²) in [5.74, 6) is 0.847. The highest BCUT2D eigenvalue weighted by Gasteiger charge is 2.16. The van der Waals surface area contributed by atoms with Crippen LogP contribution in [0, 0.1) is 20.8 Å². The lowest BCUT2D eigenvalue weighted by molar-refractivity contribution is 0.408. The number of hydrogen-bond acceptors (Lipinski definition) is 1. The molecule has 0 aromatic heterocycles. The average Bonchev–Trinajstić information content (AvgIpc) is 2.45. The number of hydrogen-bond donors (Lipinski definition) is 0. The fourth-order valence-corrected chi connectivity index (χ4v) is 3.05. The van der Waals surface area contributed by atoms with E-state index in [0.29, 0.717) is 0 Å². The van der Waals surface area contributed by atoms with Gasteiger partial charge in [-0.15, -0.1) is 11.6 Å². The molecule has 0 N–H and O–H groups in total. The van der Waals surface area contributed by atoms with Crippen LogP contribution < -0.4 is 4.74 Å². The smallest absolute Gasteiger partial charge is 0.123 e. The zero-order valence-electron chi connectivity index (χ0n) is 12.8. The van der Waals surface area contributed by atoms with Gasteiger partial charge in [-0.25, -0.2) is 0 Å². The topological polar surface area (TPSA) is 9.23 Å². The van der Waals surface area contributed by atoms with E-state index in [1.165, 1.54) is 16.7 Å². The molecule has 0 fully saturated rings. The van der Waals surface area contributed by atoms with Gasteiger partial charge < -0.3 is 4.74 Å². The number of rotatable bonds is 4. The Morgan fingerprint density at radius 1 is 1.05 bits per heavy atom. The Morgan fingerprint density at radius 3 is 2.38 bits per heavy atom. The molecule has 0 saturated carbocycles. The zero-order valence-corrected chi connectivity index (χ0v) is 15.2. The second-order valence-electron chi connectivity index (χ2n) is 5.43. The van der Waals surface area contributed by atoms with Crippen molar-refractivity contribution in [3.8, 4) is 5.75 Å². The van der Waals surface area contributed by atoms with Crippen LogP contribution >= 0.6 is 27.5 Å². The number of aryl methyl sites for hydroxylation is 3. The zero-order chi connectivity index (χ0) is 15.6. The highest BCUT2D eigenvalue weighted by atomic mass is 79.9. The molecule has 3 heteroatoms. The number of ether oxygens (including phenoxy) is 1. The van der Waals surface area contributed by atoms with Crippen LogP contribution in [0.2, 0.25) is 0 Å². The van der Waals surface area contributed by atoms with Gasteiger partial charge >= 0.3 is 0 Å². The monoisotopic (exact) mass is 366 g/mol. The standard InChI is InChI=1S/C18H20BrClO/c1-11-5-6-14(7-12(11)2)9-17(20)15-10-16(19)13(3)8-18(15)21-4/h5-8,10,17H,9H2,1-4H3. The first kappa shape index (κ1) is 16.4. The molecule has 1 atom stereocenters. The first-order valence-corrected chi connectivity index (χ1v) is 8.19. The maximum Gasteiger partial charge on any atom is 0.123 e. The second-order valence-corrected chi connectivity index (χ2v) is 6.81. The molecule has 0 saturated heterocycles. The van der Waals surface area contributed by atoms with Gasteiger partial charge in [-0.05, 0) is 61.6 Å². The van der Waals surface area contributed by atoms with Gasteiger partial charge in [0.25, 0.3) is 0 Å². The molecule has 2 rings (SSSR count). The molecule has 0 bridgehead atoms. The molecule has 0 aliphatic heterocycles. The van der Waals surface area contributed by atoms with E-state index in [1.54, 1.807) is 7.11 Å². The molecule has 0 amide bonds. The summed E-state index contributed by atoms with van der Waals surface area (Å²) in [6.07, 6.45) is 0.786. The summed E-state index contributed by atoms with van der Waals surface area (Å²) in [7, 11) is 1.69. The lowest BCUT2D eigenvalue weighted by atomic mass is 9.99. The minimum atomic E-state index is -0.112. The van der Waals surface area contributed by atoms with Gasteiger partial charge in [0.05, 0.1) is 12.5 Å². The minimum Gasteiger partial charge on any atom is -0.496 e. The molecule has 0 aliphatic carbocycles. The lowest BCUT2D eigenvalue weighted by Gasteiger charge is -2.16. The van der Waals surface area contributed by atoms with Gasteiger partial charge in [-0.1, -0.05) is 34.1 Å². The van der Waals surface area contributed by atoms with Crippen molar-refractivity contribution in [2.45, 2.75) is 32.6 Å². The van der Waals surface area contributed by atoms with Crippen LogP contribution in [0.1, 0.15) is 33.2 Å². The Hall–Kier alpha value is -0.990. The molecule has 0 aliphatic rings. The summed E-state index contributed by atoms with van der Waals surface area (Å²) in [5, 5.41) is -0.112. The molecule has 0 heterocycles. The lowest BCUT2D eigenvalue weighted by Crippen LogP contribution is -2.01. The van der Waals surface area contributed by atoms with Gasteiger partial charge in [-0.3, -0.25) is 0 Å². The summed E-state index contributed by atoms with van der Waals surface area (Å²) >= 11 is 10.2. The highest BCUT2D eigenvalue weighted by Crippen LogP contribution is 2.36. The van der Waals surface area contributed by atoms with Crippen LogP contribution in [0.3, 0.4) is 0 Å². The Balaban J connectivity index is 2.29. The van der Waals surface area contributed by atoms with Crippen LogP contribution in [0.25, 0.3) is 0 Å². The van der Waals surface area contributed by atoms with Crippen molar-refractivity contribution in [3.63, 3.8) is 0 Å². The maximum atomic E-state index is 6.64. The molecule has 0 spiro atoms. The fraction of sp³-hybridized carbons (Fsp3) is 0.333. The SMILES string of the molecule is COc1cc(C)c(Br)cc1C(Cl)Cc1ccc(C)c(C)c1. The predicted octanol–water partition coefficient (Wildman–Crippen LogP) is 5.91. The summed E-state index contributed by atoms with van der Waals surface area (Å²) in [6.45, 7) is 6.30. The van der Waals surface area contributed by atoms with Crippen LogP contribution in [0.15, 0.2) is 34.8 Å². The van der Waals surface area contributed by atoms with Gasteiger partial charge in [-0.2, -0.15) is 0 Å². The number of methoxy groups -OCH3 is 1. The Morgan fingerprint density at radius 2 is 1.76 bits per heavy atom. The Bertz CT molecular complexity index is 652. The third-order valence-corrected chi connectivity index (χ3v) is 5.08. The van der Waals surface area contributed by atoms with Gasteiger partial charge in [0.2, 0.25) is 0 Å². The first-order valence-electron chi connectivity index (χ1n) is 6.96. The molecule has 21 heavy (non-hydrogen) atoms. The average molecular weight is 368 g/mol. The maximum absolute atomic E-state index is 6.64. The predicted molar refractivity (Wildman–Crippen MR) is 93.6 cm³/mol. The van der Waals surface area contributed by atoms with E-state index in [2.05, 4.69) is 54.0 Å². The van der Waals surface area contributed by atoms with E-state index in [1.807, 2.05) is 13.0 Å². The van der Waals surface area contributed by atoms with Gasteiger partial charge in [0, 0.05) is 10.0 Å². The quantitative estimate of drug-likeness (QED) is 0.611. The van der Waals surface area contributed by atoms with Crippen LogP contribution in [-0.4, -0.2) is 7.11 Å². The van der Waals surface area contributed by atoms with Crippen molar-refractivity contribution < 1.29 is 4.74 Å². The van der Waals surface area contributed by atoms with Crippen molar-refractivity contribution in [1.82, 2.24) is 0 Å².